The van der Waals surface area contributed by atoms with Gasteiger partial charge in [0.25, 0.3) is 0 Å². The zero-order chi connectivity index (χ0) is 20.6. The van der Waals surface area contributed by atoms with Gasteiger partial charge in [0.05, 0.1) is 15.9 Å². The molecule has 0 radical (unpaired) electrons. The molecule has 4 rings (SSSR count). The zero-order valence-electron chi connectivity index (χ0n) is 15.9. The van der Waals surface area contributed by atoms with Crippen molar-refractivity contribution in [1.29, 1.82) is 5.26 Å². The highest BCUT2D eigenvalue weighted by Crippen LogP contribution is 2.28. The van der Waals surface area contributed by atoms with Gasteiger partial charge in [0.1, 0.15) is 17.4 Å². The standard InChI is InChI=1S/C21H20N4O3S/c1-24-19-7-3-2-6-18(19)23-21(24)17(14-22)20(26)15-8-10-16(11-9-15)29(27,28)25-12-4-5-13-25/h2-3,6-11,26H,4-5,12-13H2,1H3. The number of hydrogen-bond acceptors (Lipinski definition) is 5. The van der Waals surface area contributed by atoms with Gasteiger partial charge in [-0.1, -0.05) is 12.1 Å². The van der Waals surface area contributed by atoms with Crippen LogP contribution >= 0.6 is 0 Å². The Hall–Kier alpha value is -3.15. The van der Waals surface area contributed by atoms with Gasteiger partial charge in [0, 0.05) is 25.7 Å². The van der Waals surface area contributed by atoms with Gasteiger partial charge in [-0.2, -0.15) is 9.57 Å². The molecule has 1 saturated heterocycles. The van der Waals surface area contributed by atoms with E-state index in [2.05, 4.69) is 4.98 Å². The molecule has 1 fully saturated rings. The van der Waals surface area contributed by atoms with E-state index in [1.165, 1.54) is 28.6 Å². The Bertz CT molecular complexity index is 1250. The molecule has 0 bridgehead atoms. The summed E-state index contributed by atoms with van der Waals surface area (Å²) in [6.45, 7) is 1.06. The molecule has 0 atom stereocenters. The first-order valence-corrected chi connectivity index (χ1v) is 10.7. The fraction of sp³-hybridized carbons (Fsp3) is 0.238. The van der Waals surface area contributed by atoms with E-state index in [0.29, 0.717) is 24.5 Å². The molecule has 1 aromatic heterocycles. The van der Waals surface area contributed by atoms with Gasteiger partial charge >= 0.3 is 0 Å². The largest absolute Gasteiger partial charge is 0.506 e. The third-order valence-corrected chi connectivity index (χ3v) is 7.10. The second-order valence-corrected chi connectivity index (χ2v) is 8.89. The molecular formula is C21H20N4O3S. The van der Waals surface area contributed by atoms with Crippen molar-refractivity contribution in [2.24, 2.45) is 7.05 Å². The summed E-state index contributed by atoms with van der Waals surface area (Å²) in [6, 6.07) is 15.4. The van der Waals surface area contributed by atoms with Crippen LogP contribution in [0.2, 0.25) is 0 Å². The number of rotatable bonds is 4. The number of benzene rings is 2. The normalized spacial score (nSPS) is 16.0. The van der Waals surface area contributed by atoms with Crippen LogP contribution < -0.4 is 0 Å². The number of allylic oxidation sites excluding steroid dienone is 1. The predicted molar refractivity (Wildman–Crippen MR) is 110 cm³/mol. The topological polar surface area (TPSA) is 99.2 Å². The summed E-state index contributed by atoms with van der Waals surface area (Å²) in [7, 11) is -1.75. The first-order valence-electron chi connectivity index (χ1n) is 9.29. The Kier molecular flexibility index (Phi) is 4.86. The molecule has 0 aliphatic carbocycles. The average Bonchev–Trinajstić information content (AvgIpc) is 3.39. The quantitative estimate of drug-likeness (QED) is 0.527. The maximum atomic E-state index is 12.7. The molecule has 7 nitrogen and oxygen atoms in total. The van der Waals surface area contributed by atoms with Crippen molar-refractivity contribution in [3.8, 4) is 6.07 Å². The Labute approximate surface area is 169 Å². The third kappa shape index (κ3) is 3.28. The predicted octanol–water partition coefficient (Wildman–Crippen LogP) is 3.31. The Morgan fingerprint density at radius 3 is 2.38 bits per heavy atom. The summed E-state index contributed by atoms with van der Waals surface area (Å²) in [5.41, 5.74) is 1.94. The van der Waals surface area contributed by atoms with Gasteiger partial charge in [-0.25, -0.2) is 13.4 Å². The van der Waals surface area contributed by atoms with E-state index in [9.17, 15) is 18.8 Å². The number of nitrogens with zero attached hydrogens (tertiary/aromatic N) is 4. The minimum Gasteiger partial charge on any atom is -0.506 e. The van der Waals surface area contributed by atoms with Crippen LogP contribution in [0.25, 0.3) is 22.4 Å². The van der Waals surface area contributed by atoms with Crippen LogP contribution in [0.15, 0.2) is 53.4 Å². The average molecular weight is 408 g/mol. The molecule has 0 spiro atoms. The lowest BCUT2D eigenvalue weighted by molar-refractivity contribution is 0.477. The number of sulfonamides is 1. The minimum absolute atomic E-state index is 0.0267. The lowest BCUT2D eigenvalue weighted by Crippen LogP contribution is -2.27. The van der Waals surface area contributed by atoms with E-state index in [0.717, 1.165) is 23.9 Å². The summed E-state index contributed by atoms with van der Waals surface area (Å²) >= 11 is 0. The van der Waals surface area contributed by atoms with Crippen LogP contribution in [0.3, 0.4) is 0 Å². The van der Waals surface area contributed by atoms with Crippen LogP contribution in [0.1, 0.15) is 24.2 Å². The molecule has 1 N–H and O–H groups in total. The molecule has 1 aliphatic rings. The molecule has 0 saturated carbocycles. The lowest BCUT2D eigenvalue weighted by Gasteiger charge is -2.15. The van der Waals surface area contributed by atoms with Crippen molar-refractivity contribution in [1.82, 2.24) is 13.9 Å². The van der Waals surface area contributed by atoms with Crippen molar-refractivity contribution < 1.29 is 13.5 Å². The number of aryl methyl sites for hydroxylation is 1. The summed E-state index contributed by atoms with van der Waals surface area (Å²) in [6.07, 6.45) is 1.73. The van der Waals surface area contributed by atoms with Crippen molar-refractivity contribution in [3.05, 3.63) is 59.9 Å². The van der Waals surface area contributed by atoms with Gasteiger partial charge in [0.15, 0.2) is 5.82 Å². The highest BCUT2D eigenvalue weighted by molar-refractivity contribution is 7.89. The van der Waals surface area contributed by atoms with Crippen LogP contribution in [-0.2, 0) is 17.1 Å². The van der Waals surface area contributed by atoms with Gasteiger partial charge in [-0.15, -0.1) is 0 Å². The maximum Gasteiger partial charge on any atom is 0.243 e. The molecular weight excluding hydrogens is 388 g/mol. The Balaban J connectivity index is 1.73. The number of aliphatic hydroxyl groups is 1. The van der Waals surface area contributed by atoms with E-state index in [-0.39, 0.29) is 16.2 Å². The molecule has 29 heavy (non-hydrogen) atoms. The van der Waals surface area contributed by atoms with Crippen molar-refractivity contribution in [2.45, 2.75) is 17.7 Å². The van der Waals surface area contributed by atoms with Crippen molar-refractivity contribution in [2.75, 3.05) is 13.1 Å². The molecule has 0 unspecified atom stereocenters. The van der Waals surface area contributed by atoms with E-state index in [1.807, 2.05) is 30.3 Å². The van der Waals surface area contributed by atoms with Crippen molar-refractivity contribution in [3.63, 3.8) is 0 Å². The summed E-state index contributed by atoms with van der Waals surface area (Å²) in [4.78, 5) is 4.64. The fourth-order valence-corrected chi connectivity index (χ4v) is 5.10. The van der Waals surface area contributed by atoms with E-state index >= 15 is 0 Å². The number of para-hydroxylation sites is 2. The highest BCUT2D eigenvalue weighted by atomic mass is 32.2. The first kappa shape index (κ1) is 19.2. The molecule has 0 amide bonds. The molecule has 8 heteroatoms. The van der Waals surface area contributed by atoms with E-state index in [1.54, 1.807) is 11.6 Å². The third-order valence-electron chi connectivity index (χ3n) is 5.19. The second kappa shape index (κ2) is 7.35. The fourth-order valence-electron chi connectivity index (χ4n) is 3.58. The van der Waals surface area contributed by atoms with Crippen LogP contribution in [0, 0.1) is 11.3 Å². The Morgan fingerprint density at radius 1 is 1.10 bits per heavy atom. The SMILES string of the molecule is Cn1c(C(C#N)=C(O)c2ccc(S(=O)(=O)N3CCCC3)cc2)nc2ccccc21. The Morgan fingerprint density at radius 2 is 1.76 bits per heavy atom. The molecule has 3 aromatic rings. The monoisotopic (exact) mass is 408 g/mol. The highest BCUT2D eigenvalue weighted by Gasteiger charge is 2.27. The molecule has 1 aliphatic heterocycles. The van der Waals surface area contributed by atoms with Crippen LogP contribution in [0.4, 0.5) is 0 Å². The van der Waals surface area contributed by atoms with Crippen molar-refractivity contribution >= 4 is 32.4 Å². The molecule has 2 aromatic carbocycles. The maximum absolute atomic E-state index is 12.7. The molecule has 148 valence electrons. The summed E-state index contributed by atoms with van der Waals surface area (Å²) in [5, 5.41) is 20.4. The summed E-state index contributed by atoms with van der Waals surface area (Å²) in [5.74, 6) is 0.107. The number of nitriles is 1. The number of imidazole rings is 1. The number of fused-ring (bicyclic) bond motifs is 1. The van der Waals surface area contributed by atoms with Gasteiger partial charge in [-0.3, -0.25) is 0 Å². The molecule has 2 heterocycles. The number of aliphatic hydroxyl groups excluding tert-OH is 1. The van der Waals surface area contributed by atoms with E-state index in [4.69, 9.17) is 0 Å². The van der Waals surface area contributed by atoms with Gasteiger partial charge < -0.3 is 9.67 Å². The summed E-state index contributed by atoms with van der Waals surface area (Å²) < 4.78 is 28.5. The second-order valence-electron chi connectivity index (χ2n) is 6.95. The first-order chi connectivity index (χ1) is 13.9. The van der Waals surface area contributed by atoms with Gasteiger partial charge in [0.2, 0.25) is 10.0 Å². The van der Waals surface area contributed by atoms with Gasteiger partial charge in [-0.05, 0) is 49.2 Å². The number of aromatic nitrogens is 2. The smallest absolute Gasteiger partial charge is 0.243 e. The van der Waals surface area contributed by atoms with Crippen LogP contribution in [-0.4, -0.2) is 40.5 Å². The number of hydrogen-bond donors (Lipinski definition) is 1. The zero-order valence-corrected chi connectivity index (χ0v) is 16.7. The van der Waals surface area contributed by atoms with E-state index < -0.39 is 10.0 Å². The lowest BCUT2D eigenvalue weighted by atomic mass is 10.1. The van der Waals surface area contributed by atoms with Crippen LogP contribution in [0.5, 0.6) is 0 Å². The minimum atomic E-state index is -3.53.